The minimum atomic E-state index is -4.37. The van der Waals surface area contributed by atoms with E-state index in [2.05, 4.69) is 20.7 Å². The molecular formula is C9H9BrF3NO. The van der Waals surface area contributed by atoms with Crippen LogP contribution in [-0.4, -0.2) is 12.3 Å². The molecular weight excluding hydrogens is 275 g/mol. The third kappa shape index (κ3) is 3.30. The molecule has 0 aliphatic rings. The van der Waals surface area contributed by atoms with Crippen molar-refractivity contribution in [3.63, 3.8) is 0 Å². The minimum Gasteiger partial charge on any atom is -0.481 e. The third-order valence-corrected chi connectivity index (χ3v) is 2.46. The van der Waals surface area contributed by atoms with Crippen molar-refractivity contribution in [3.8, 4) is 5.75 Å². The first-order valence-electron chi connectivity index (χ1n) is 4.09. The predicted molar refractivity (Wildman–Crippen MR) is 54.7 cm³/mol. The van der Waals surface area contributed by atoms with Crippen LogP contribution < -0.4 is 10.5 Å². The molecule has 0 aliphatic heterocycles. The summed E-state index contributed by atoms with van der Waals surface area (Å²) >= 11 is 3.13. The van der Waals surface area contributed by atoms with Crippen LogP contribution >= 0.6 is 15.9 Å². The Bertz CT molecular complexity index is 354. The van der Waals surface area contributed by atoms with Gasteiger partial charge in [-0.3, -0.25) is 0 Å². The highest BCUT2D eigenvalue weighted by atomic mass is 79.9. The highest BCUT2D eigenvalue weighted by Crippen LogP contribution is 2.28. The molecule has 1 aromatic rings. The van der Waals surface area contributed by atoms with Crippen LogP contribution in [0.5, 0.6) is 5.75 Å². The first-order chi connectivity index (χ1) is 6.80. The van der Waals surface area contributed by atoms with E-state index in [1.54, 1.807) is 0 Å². The number of alkyl halides is 3. The number of anilines is 1. The number of rotatable bonds is 2. The van der Waals surface area contributed by atoms with Gasteiger partial charge in [-0.2, -0.15) is 13.2 Å². The molecule has 1 rings (SSSR count). The SMILES string of the molecule is CC(Oc1ccc(Br)c(N)c1)C(F)(F)F. The largest absolute Gasteiger partial charge is 0.481 e. The molecule has 2 nitrogen and oxygen atoms in total. The molecule has 2 N–H and O–H groups in total. The number of hydrogen-bond acceptors (Lipinski definition) is 2. The van der Waals surface area contributed by atoms with Gasteiger partial charge in [0.25, 0.3) is 0 Å². The average molecular weight is 284 g/mol. The van der Waals surface area contributed by atoms with Crippen LogP contribution in [0.4, 0.5) is 18.9 Å². The van der Waals surface area contributed by atoms with Crippen molar-refractivity contribution in [2.24, 2.45) is 0 Å². The molecule has 84 valence electrons. The lowest BCUT2D eigenvalue weighted by molar-refractivity contribution is -0.189. The second kappa shape index (κ2) is 4.30. The number of halogens is 4. The first-order valence-corrected chi connectivity index (χ1v) is 4.88. The number of nitrogens with two attached hydrogens (primary N) is 1. The van der Waals surface area contributed by atoms with E-state index in [-0.39, 0.29) is 5.75 Å². The van der Waals surface area contributed by atoms with Crippen LogP contribution in [0.2, 0.25) is 0 Å². The molecule has 0 aliphatic carbocycles. The monoisotopic (exact) mass is 283 g/mol. The minimum absolute atomic E-state index is 0.0977. The first kappa shape index (κ1) is 12.2. The van der Waals surface area contributed by atoms with Crippen molar-refractivity contribution < 1.29 is 17.9 Å². The van der Waals surface area contributed by atoms with Crippen molar-refractivity contribution in [1.82, 2.24) is 0 Å². The van der Waals surface area contributed by atoms with Gasteiger partial charge >= 0.3 is 6.18 Å². The quantitative estimate of drug-likeness (QED) is 0.845. The Morgan fingerprint density at radius 3 is 2.47 bits per heavy atom. The summed E-state index contributed by atoms with van der Waals surface area (Å²) in [5.41, 5.74) is 5.83. The maximum Gasteiger partial charge on any atom is 0.425 e. The lowest BCUT2D eigenvalue weighted by Crippen LogP contribution is -2.31. The lowest BCUT2D eigenvalue weighted by atomic mass is 10.3. The molecule has 0 fully saturated rings. The van der Waals surface area contributed by atoms with Gasteiger partial charge in [0.2, 0.25) is 0 Å². The van der Waals surface area contributed by atoms with Gasteiger partial charge in [-0.25, -0.2) is 0 Å². The molecule has 0 amide bonds. The van der Waals surface area contributed by atoms with E-state index in [0.717, 1.165) is 6.92 Å². The molecule has 15 heavy (non-hydrogen) atoms. The maximum atomic E-state index is 12.1. The van der Waals surface area contributed by atoms with Crippen molar-refractivity contribution in [2.45, 2.75) is 19.2 Å². The van der Waals surface area contributed by atoms with Crippen molar-refractivity contribution in [3.05, 3.63) is 22.7 Å². The van der Waals surface area contributed by atoms with Gasteiger partial charge in [0.15, 0.2) is 6.10 Å². The van der Waals surface area contributed by atoms with Crippen molar-refractivity contribution in [1.29, 1.82) is 0 Å². The molecule has 1 aromatic carbocycles. The van der Waals surface area contributed by atoms with Crippen LogP contribution in [0.25, 0.3) is 0 Å². The van der Waals surface area contributed by atoms with Gasteiger partial charge in [-0.05, 0) is 35.0 Å². The maximum absolute atomic E-state index is 12.1. The fourth-order valence-electron chi connectivity index (χ4n) is 0.866. The Morgan fingerprint density at radius 1 is 1.40 bits per heavy atom. The number of nitrogen functional groups attached to an aromatic ring is 1. The van der Waals surface area contributed by atoms with Gasteiger partial charge in [0.1, 0.15) is 5.75 Å². The average Bonchev–Trinajstić information content (AvgIpc) is 2.10. The second-order valence-electron chi connectivity index (χ2n) is 2.99. The van der Waals surface area contributed by atoms with Crippen LogP contribution in [0, 0.1) is 0 Å². The lowest BCUT2D eigenvalue weighted by Gasteiger charge is -2.17. The standard InChI is InChI=1S/C9H9BrF3NO/c1-5(9(11,12)13)15-6-2-3-7(10)8(14)4-6/h2-5H,14H2,1H3. The number of ether oxygens (including phenoxy) is 1. The molecule has 0 aromatic heterocycles. The van der Waals surface area contributed by atoms with Gasteiger partial charge in [-0.15, -0.1) is 0 Å². The molecule has 0 saturated heterocycles. The molecule has 0 radical (unpaired) electrons. The number of hydrogen-bond donors (Lipinski definition) is 1. The zero-order chi connectivity index (χ0) is 11.6. The topological polar surface area (TPSA) is 35.2 Å². The van der Waals surface area contributed by atoms with Gasteiger partial charge < -0.3 is 10.5 Å². The third-order valence-electron chi connectivity index (χ3n) is 1.74. The number of benzene rings is 1. The summed E-state index contributed by atoms with van der Waals surface area (Å²) in [5.74, 6) is 0.0977. The Balaban J connectivity index is 2.78. The summed E-state index contributed by atoms with van der Waals surface area (Å²) in [6.07, 6.45) is -6.22. The van der Waals surface area contributed by atoms with E-state index in [9.17, 15) is 13.2 Å². The van der Waals surface area contributed by atoms with Crippen LogP contribution in [-0.2, 0) is 0 Å². The van der Waals surface area contributed by atoms with Crippen LogP contribution in [0.15, 0.2) is 22.7 Å². The van der Waals surface area contributed by atoms with Crippen molar-refractivity contribution in [2.75, 3.05) is 5.73 Å². The normalized spacial score (nSPS) is 13.7. The zero-order valence-electron chi connectivity index (χ0n) is 7.81. The summed E-state index contributed by atoms with van der Waals surface area (Å²) in [4.78, 5) is 0. The molecule has 6 heteroatoms. The Morgan fingerprint density at radius 2 is 2.00 bits per heavy atom. The highest BCUT2D eigenvalue weighted by Gasteiger charge is 2.38. The molecule has 1 atom stereocenters. The Kier molecular flexibility index (Phi) is 3.49. The summed E-state index contributed by atoms with van der Waals surface area (Å²) < 4.78 is 41.8. The van der Waals surface area contributed by atoms with Crippen LogP contribution in [0.3, 0.4) is 0 Å². The van der Waals surface area contributed by atoms with E-state index in [1.165, 1.54) is 18.2 Å². The van der Waals surface area contributed by atoms with Crippen molar-refractivity contribution >= 4 is 21.6 Å². The second-order valence-corrected chi connectivity index (χ2v) is 3.84. The molecule has 0 spiro atoms. The predicted octanol–water partition coefficient (Wildman–Crippen LogP) is 3.36. The van der Waals surface area contributed by atoms with Gasteiger partial charge in [0.05, 0.1) is 0 Å². The summed E-state index contributed by atoms with van der Waals surface area (Å²) in [6.45, 7) is 0.943. The Hall–Kier alpha value is -0.910. The fraction of sp³-hybridized carbons (Fsp3) is 0.333. The van der Waals surface area contributed by atoms with E-state index >= 15 is 0 Å². The summed E-state index contributed by atoms with van der Waals surface area (Å²) in [6, 6.07) is 4.29. The fourth-order valence-corrected chi connectivity index (χ4v) is 1.11. The van der Waals surface area contributed by atoms with E-state index in [4.69, 9.17) is 5.73 Å². The van der Waals surface area contributed by atoms with E-state index in [0.29, 0.717) is 10.2 Å². The Labute approximate surface area is 93.3 Å². The molecule has 0 bridgehead atoms. The zero-order valence-corrected chi connectivity index (χ0v) is 9.39. The van der Waals surface area contributed by atoms with E-state index < -0.39 is 12.3 Å². The van der Waals surface area contributed by atoms with Crippen LogP contribution in [0.1, 0.15) is 6.92 Å². The smallest absolute Gasteiger partial charge is 0.425 e. The van der Waals surface area contributed by atoms with Gasteiger partial charge in [-0.1, -0.05) is 0 Å². The molecule has 1 unspecified atom stereocenters. The van der Waals surface area contributed by atoms with E-state index in [1.807, 2.05) is 0 Å². The van der Waals surface area contributed by atoms with Gasteiger partial charge in [0, 0.05) is 16.2 Å². The molecule has 0 saturated carbocycles. The summed E-state index contributed by atoms with van der Waals surface area (Å²) in [7, 11) is 0. The highest BCUT2D eigenvalue weighted by molar-refractivity contribution is 9.10. The molecule has 0 heterocycles. The summed E-state index contributed by atoms with van der Waals surface area (Å²) in [5, 5.41) is 0.